The zero-order chi connectivity index (χ0) is 14.6. The van der Waals surface area contributed by atoms with Crippen molar-refractivity contribution in [2.45, 2.75) is 12.5 Å². The Balaban J connectivity index is 2.40. The Hall–Kier alpha value is -2.87. The van der Waals surface area contributed by atoms with Crippen LogP contribution in [-0.4, -0.2) is 16.1 Å². The number of nitrogens with zero attached hydrogens (tertiary/aromatic N) is 2. The van der Waals surface area contributed by atoms with Gasteiger partial charge in [-0.2, -0.15) is 5.26 Å². The van der Waals surface area contributed by atoms with Crippen molar-refractivity contribution in [3.05, 3.63) is 59.8 Å². The molecule has 0 spiro atoms. The number of carbonyl (C=O) groups is 1. The standard InChI is InChI=1S/C15H13N3O2/c1-15(14(19)20,12-5-3-2-4-6-12)18-13-9-11(10-16)7-8-17-13/h2-9H,1H3,(H,17,18)(H,19,20). The summed E-state index contributed by atoms with van der Waals surface area (Å²) in [7, 11) is 0. The van der Waals surface area contributed by atoms with E-state index in [1.54, 1.807) is 37.3 Å². The highest BCUT2D eigenvalue weighted by molar-refractivity contribution is 5.83. The van der Waals surface area contributed by atoms with Crippen molar-refractivity contribution in [2.75, 3.05) is 5.32 Å². The molecule has 1 atom stereocenters. The van der Waals surface area contributed by atoms with Gasteiger partial charge in [-0.1, -0.05) is 30.3 Å². The summed E-state index contributed by atoms with van der Waals surface area (Å²) < 4.78 is 0. The Morgan fingerprint density at radius 2 is 2.05 bits per heavy atom. The number of nitriles is 1. The van der Waals surface area contributed by atoms with Crippen LogP contribution < -0.4 is 5.32 Å². The van der Waals surface area contributed by atoms with Gasteiger partial charge in [-0.25, -0.2) is 9.78 Å². The molecule has 0 bridgehead atoms. The van der Waals surface area contributed by atoms with E-state index in [9.17, 15) is 9.90 Å². The molecule has 0 saturated carbocycles. The second-order valence-electron chi connectivity index (χ2n) is 4.46. The first kappa shape index (κ1) is 13.6. The highest BCUT2D eigenvalue weighted by Gasteiger charge is 2.35. The van der Waals surface area contributed by atoms with Crippen molar-refractivity contribution < 1.29 is 9.90 Å². The molecule has 2 N–H and O–H groups in total. The lowest BCUT2D eigenvalue weighted by Gasteiger charge is -2.27. The van der Waals surface area contributed by atoms with Crippen LogP contribution in [0.25, 0.3) is 0 Å². The molecule has 100 valence electrons. The van der Waals surface area contributed by atoms with E-state index < -0.39 is 11.5 Å². The predicted octanol–water partition coefficient (Wildman–Crippen LogP) is 2.37. The predicted molar refractivity (Wildman–Crippen MR) is 74.0 cm³/mol. The monoisotopic (exact) mass is 267 g/mol. The Bertz CT molecular complexity index is 664. The number of pyridine rings is 1. The SMILES string of the molecule is CC(Nc1cc(C#N)ccn1)(C(=O)O)c1ccccc1. The maximum Gasteiger partial charge on any atom is 0.333 e. The molecule has 1 heterocycles. The maximum absolute atomic E-state index is 11.6. The van der Waals surface area contributed by atoms with E-state index in [0.717, 1.165) is 0 Å². The number of anilines is 1. The molecule has 0 radical (unpaired) electrons. The lowest BCUT2D eigenvalue weighted by molar-refractivity contribution is -0.142. The molecular weight excluding hydrogens is 254 g/mol. The van der Waals surface area contributed by atoms with E-state index in [1.165, 1.54) is 12.3 Å². The highest BCUT2D eigenvalue weighted by atomic mass is 16.4. The number of hydrogen-bond donors (Lipinski definition) is 2. The van der Waals surface area contributed by atoms with Gasteiger partial charge in [0.2, 0.25) is 0 Å². The number of carboxylic acid groups (broad SMARTS) is 1. The van der Waals surface area contributed by atoms with Crippen LogP contribution in [0, 0.1) is 11.3 Å². The number of aromatic nitrogens is 1. The largest absolute Gasteiger partial charge is 0.479 e. The fraction of sp³-hybridized carbons (Fsp3) is 0.133. The fourth-order valence-electron chi connectivity index (χ4n) is 1.85. The zero-order valence-electron chi connectivity index (χ0n) is 10.9. The average Bonchev–Trinajstić information content (AvgIpc) is 2.48. The van der Waals surface area contributed by atoms with Crippen molar-refractivity contribution in [1.82, 2.24) is 4.98 Å². The van der Waals surface area contributed by atoms with E-state index in [4.69, 9.17) is 5.26 Å². The van der Waals surface area contributed by atoms with Crippen molar-refractivity contribution in [3.8, 4) is 6.07 Å². The Kier molecular flexibility index (Phi) is 3.67. The molecule has 20 heavy (non-hydrogen) atoms. The number of rotatable bonds is 4. The van der Waals surface area contributed by atoms with Crippen LogP contribution >= 0.6 is 0 Å². The number of carboxylic acids is 1. The number of nitrogens with one attached hydrogen (secondary N) is 1. The topological polar surface area (TPSA) is 86.0 Å². The van der Waals surface area contributed by atoms with Crippen molar-refractivity contribution in [2.24, 2.45) is 0 Å². The third-order valence-electron chi connectivity index (χ3n) is 3.05. The summed E-state index contributed by atoms with van der Waals surface area (Å²) in [6.45, 7) is 1.56. The molecule has 0 aliphatic rings. The molecule has 2 aromatic rings. The number of aliphatic carboxylic acids is 1. The maximum atomic E-state index is 11.6. The summed E-state index contributed by atoms with van der Waals surface area (Å²) in [6.07, 6.45) is 1.47. The molecular formula is C15H13N3O2. The summed E-state index contributed by atoms with van der Waals surface area (Å²) in [6, 6.07) is 13.9. The molecule has 5 nitrogen and oxygen atoms in total. The average molecular weight is 267 g/mol. The van der Waals surface area contributed by atoms with Crippen molar-refractivity contribution >= 4 is 11.8 Å². The minimum Gasteiger partial charge on any atom is -0.479 e. The molecule has 0 fully saturated rings. The second kappa shape index (κ2) is 5.41. The first-order chi connectivity index (χ1) is 9.56. The van der Waals surface area contributed by atoms with Crippen LogP contribution in [0.5, 0.6) is 0 Å². The molecule has 0 saturated heterocycles. The van der Waals surface area contributed by atoms with Gasteiger partial charge in [0.25, 0.3) is 0 Å². The van der Waals surface area contributed by atoms with E-state index in [-0.39, 0.29) is 0 Å². The van der Waals surface area contributed by atoms with E-state index in [0.29, 0.717) is 16.9 Å². The molecule has 0 aliphatic carbocycles. The fourth-order valence-corrected chi connectivity index (χ4v) is 1.85. The quantitative estimate of drug-likeness (QED) is 0.888. The zero-order valence-corrected chi connectivity index (χ0v) is 10.9. The third kappa shape index (κ3) is 2.59. The third-order valence-corrected chi connectivity index (χ3v) is 3.05. The summed E-state index contributed by atoms with van der Waals surface area (Å²) in [4.78, 5) is 15.7. The van der Waals surface area contributed by atoms with Crippen LogP contribution in [0.2, 0.25) is 0 Å². The van der Waals surface area contributed by atoms with Gasteiger partial charge in [0.05, 0.1) is 11.6 Å². The van der Waals surface area contributed by atoms with Gasteiger partial charge < -0.3 is 10.4 Å². The lowest BCUT2D eigenvalue weighted by Crippen LogP contribution is -2.40. The summed E-state index contributed by atoms with van der Waals surface area (Å²) in [5, 5.41) is 21.3. The molecule has 1 unspecified atom stereocenters. The molecule has 5 heteroatoms. The summed E-state index contributed by atoms with van der Waals surface area (Å²) in [5.74, 6) is -0.675. The molecule has 1 aromatic heterocycles. The van der Waals surface area contributed by atoms with Gasteiger partial charge in [-0.15, -0.1) is 0 Å². The van der Waals surface area contributed by atoms with E-state index >= 15 is 0 Å². The molecule has 0 amide bonds. The Morgan fingerprint density at radius 1 is 1.35 bits per heavy atom. The van der Waals surface area contributed by atoms with Gasteiger partial charge in [-0.3, -0.25) is 0 Å². The summed E-state index contributed by atoms with van der Waals surface area (Å²) in [5.41, 5.74) is -0.289. The van der Waals surface area contributed by atoms with Crippen LogP contribution in [-0.2, 0) is 10.3 Å². The minimum atomic E-state index is -1.32. The molecule has 0 aliphatic heterocycles. The normalized spacial score (nSPS) is 13.0. The highest BCUT2D eigenvalue weighted by Crippen LogP contribution is 2.25. The van der Waals surface area contributed by atoms with Crippen LogP contribution in [0.1, 0.15) is 18.1 Å². The van der Waals surface area contributed by atoms with Crippen LogP contribution in [0.3, 0.4) is 0 Å². The van der Waals surface area contributed by atoms with E-state index in [1.807, 2.05) is 12.1 Å². The second-order valence-corrected chi connectivity index (χ2v) is 4.46. The van der Waals surface area contributed by atoms with E-state index in [2.05, 4.69) is 10.3 Å². The van der Waals surface area contributed by atoms with Crippen molar-refractivity contribution in [1.29, 1.82) is 5.26 Å². The first-order valence-electron chi connectivity index (χ1n) is 5.99. The van der Waals surface area contributed by atoms with Gasteiger partial charge >= 0.3 is 5.97 Å². The first-order valence-corrected chi connectivity index (χ1v) is 5.99. The minimum absolute atomic E-state index is 0.345. The summed E-state index contributed by atoms with van der Waals surface area (Å²) >= 11 is 0. The Labute approximate surface area is 116 Å². The lowest BCUT2D eigenvalue weighted by atomic mass is 9.92. The smallest absolute Gasteiger partial charge is 0.333 e. The number of benzene rings is 1. The van der Waals surface area contributed by atoms with Gasteiger partial charge in [0, 0.05) is 6.20 Å². The van der Waals surface area contributed by atoms with Crippen molar-refractivity contribution in [3.63, 3.8) is 0 Å². The van der Waals surface area contributed by atoms with Gasteiger partial charge in [0.15, 0.2) is 5.54 Å². The molecule has 2 rings (SSSR count). The molecule has 1 aromatic carbocycles. The van der Waals surface area contributed by atoms with Gasteiger partial charge in [0.1, 0.15) is 5.82 Å². The van der Waals surface area contributed by atoms with Crippen LogP contribution in [0.15, 0.2) is 48.7 Å². The van der Waals surface area contributed by atoms with Crippen LogP contribution in [0.4, 0.5) is 5.82 Å². The number of hydrogen-bond acceptors (Lipinski definition) is 4. The van der Waals surface area contributed by atoms with Gasteiger partial charge in [-0.05, 0) is 24.6 Å². The Morgan fingerprint density at radius 3 is 2.65 bits per heavy atom.